The molecule has 0 radical (unpaired) electrons. The van der Waals surface area contributed by atoms with Gasteiger partial charge in [0.1, 0.15) is 4.49 Å². The molecule has 2 unspecified atom stereocenters. The summed E-state index contributed by atoms with van der Waals surface area (Å²) < 4.78 is -0.101. The van der Waals surface area contributed by atoms with Crippen LogP contribution >= 0.6 is 34.8 Å². The van der Waals surface area contributed by atoms with Crippen molar-refractivity contribution in [1.29, 1.82) is 0 Å². The van der Waals surface area contributed by atoms with E-state index in [2.05, 4.69) is 6.92 Å². The molecule has 0 rings (SSSR count). The van der Waals surface area contributed by atoms with Crippen molar-refractivity contribution in [2.24, 2.45) is 5.92 Å². The first-order chi connectivity index (χ1) is 7.88. The second-order valence-corrected chi connectivity index (χ2v) is 5.74. The van der Waals surface area contributed by atoms with Crippen molar-refractivity contribution in [2.45, 2.75) is 50.8 Å². The Hall–Kier alpha value is 0.0800. The highest BCUT2D eigenvalue weighted by Crippen LogP contribution is 2.36. The van der Waals surface area contributed by atoms with Gasteiger partial charge in [-0.25, -0.2) is 4.79 Å². The Balaban J connectivity index is 4.87. The third-order valence-corrected chi connectivity index (χ3v) is 3.69. The maximum atomic E-state index is 11.3. The minimum Gasteiger partial charge on any atom is -0.480 e. The molecule has 0 fully saturated rings. The maximum Gasteiger partial charge on any atom is 0.329 e. The molecule has 2 nitrogen and oxygen atoms in total. The minimum absolute atomic E-state index is 0.101. The van der Waals surface area contributed by atoms with Crippen LogP contribution in [0.2, 0.25) is 0 Å². The van der Waals surface area contributed by atoms with Crippen LogP contribution in [0.1, 0.15) is 46.0 Å². The lowest BCUT2D eigenvalue weighted by molar-refractivity contribution is -0.140. The number of aliphatic carboxylic acids is 1. The molecule has 0 aromatic rings. The SMILES string of the molecule is CCCCCC(CC)C(Cl)(C=C(Cl)Cl)C(=O)O. The third kappa shape index (κ3) is 5.50. The van der Waals surface area contributed by atoms with Gasteiger partial charge in [0.15, 0.2) is 4.87 Å². The lowest BCUT2D eigenvalue weighted by Gasteiger charge is -2.28. The predicted octanol–water partition coefficient (Wildman–Crippen LogP) is 4.97. The molecule has 1 N–H and O–H groups in total. The standard InChI is InChI=1S/C12H19Cl3O2/c1-3-5-6-7-9(4-2)12(15,11(16)17)8-10(13)14/h8-9H,3-7H2,1-2H3,(H,16,17). The molecule has 0 spiro atoms. The summed E-state index contributed by atoms with van der Waals surface area (Å²) in [5, 5.41) is 9.25. The van der Waals surface area contributed by atoms with Crippen molar-refractivity contribution in [3.05, 3.63) is 10.6 Å². The molecule has 0 bridgehead atoms. The molecule has 17 heavy (non-hydrogen) atoms. The number of halogens is 3. The van der Waals surface area contributed by atoms with E-state index in [4.69, 9.17) is 34.8 Å². The average Bonchev–Trinajstić information content (AvgIpc) is 2.23. The average molecular weight is 302 g/mol. The minimum atomic E-state index is -1.50. The molecule has 0 aliphatic rings. The van der Waals surface area contributed by atoms with Crippen molar-refractivity contribution < 1.29 is 9.90 Å². The number of unbranched alkanes of at least 4 members (excludes halogenated alkanes) is 2. The van der Waals surface area contributed by atoms with E-state index in [0.29, 0.717) is 6.42 Å². The molecule has 2 atom stereocenters. The highest BCUT2D eigenvalue weighted by Gasteiger charge is 2.41. The molecule has 0 heterocycles. The van der Waals surface area contributed by atoms with Crippen LogP contribution in [0.3, 0.4) is 0 Å². The van der Waals surface area contributed by atoms with Gasteiger partial charge in [0.25, 0.3) is 0 Å². The fourth-order valence-electron chi connectivity index (χ4n) is 1.86. The summed E-state index contributed by atoms with van der Waals surface area (Å²) in [5.41, 5.74) is 0. The van der Waals surface area contributed by atoms with Gasteiger partial charge < -0.3 is 5.11 Å². The topological polar surface area (TPSA) is 37.3 Å². The van der Waals surface area contributed by atoms with Crippen LogP contribution in [0, 0.1) is 5.92 Å². The van der Waals surface area contributed by atoms with Crippen LogP contribution in [0.4, 0.5) is 0 Å². The molecule has 0 aliphatic heterocycles. The number of hydrogen-bond donors (Lipinski definition) is 1. The van der Waals surface area contributed by atoms with Gasteiger partial charge in [0, 0.05) is 0 Å². The summed E-state index contributed by atoms with van der Waals surface area (Å²) in [4.78, 5) is 9.80. The highest BCUT2D eigenvalue weighted by molar-refractivity contribution is 6.56. The Bertz CT molecular complexity index is 275. The molecular weight excluding hydrogens is 282 g/mol. The second-order valence-electron chi connectivity index (χ2n) is 4.11. The number of alkyl halides is 1. The van der Waals surface area contributed by atoms with Crippen LogP contribution in [0.15, 0.2) is 10.6 Å². The second kappa shape index (κ2) is 8.23. The molecule has 0 aromatic carbocycles. The summed E-state index contributed by atoms with van der Waals surface area (Å²) in [6.07, 6.45) is 5.78. The first kappa shape index (κ1) is 17.1. The Morgan fingerprint density at radius 3 is 2.29 bits per heavy atom. The number of carboxylic acids is 1. The molecule has 100 valence electrons. The van der Waals surface area contributed by atoms with E-state index in [9.17, 15) is 9.90 Å². The van der Waals surface area contributed by atoms with Gasteiger partial charge in [-0.05, 0) is 18.4 Å². The Morgan fingerprint density at radius 2 is 1.94 bits per heavy atom. The lowest BCUT2D eigenvalue weighted by atomic mass is 9.85. The first-order valence-corrected chi connectivity index (χ1v) is 6.98. The predicted molar refractivity (Wildman–Crippen MR) is 73.9 cm³/mol. The number of rotatable bonds is 8. The number of carbonyl (C=O) groups is 1. The molecule has 0 aromatic heterocycles. The monoisotopic (exact) mass is 300 g/mol. The number of carboxylic acid groups (broad SMARTS) is 1. The van der Waals surface area contributed by atoms with Gasteiger partial charge >= 0.3 is 5.97 Å². The number of hydrogen-bond acceptors (Lipinski definition) is 1. The fraction of sp³-hybridized carbons (Fsp3) is 0.750. The largest absolute Gasteiger partial charge is 0.480 e. The van der Waals surface area contributed by atoms with Crippen molar-refractivity contribution in [2.75, 3.05) is 0 Å². The van der Waals surface area contributed by atoms with E-state index in [1.807, 2.05) is 6.92 Å². The zero-order valence-electron chi connectivity index (χ0n) is 10.2. The molecular formula is C12H19Cl3O2. The molecule has 0 saturated carbocycles. The Kier molecular flexibility index (Phi) is 8.27. The lowest BCUT2D eigenvalue weighted by Crippen LogP contribution is -2.38. The van der Waals surface area contributed by atoms with Crippen LogP contribution in [0.5, 0.6) is 0 Å². The third-order valence-electron chi connectivity index (χ3n) is 2.89. The van der Waals surface area contributed by atoms with Gasteiger partial charge in [0.05, 0.1) is 0 Å². The van der Waals surface area contributed by atoms with Gasteiger partial charge in [-0.2, -0.15) is 0 Å². The van der Waals surface area contributed by atoms with Gasteiger partial charge in [-0.3, -0.25) is 0 Å². The van der Waals surface area contributed by atoms with E-state index in [1.165, 1.54) is 6.08 Å². The smallest absolute Gasteiger partial charge is 0.329 e. The first-order valence-electron chi connectivity index (χ1n) is 5.84. The van der Waals surface area contributed by atoms with Crippen molar-refractivity contribution in [3.63, 3.8) is 0 Å². The van der Waals surface area contributed by atoms with E-state index in [1.54, 1.807) is 0 Å². The zero-order valence-corrected chi connectivity index (χ0v) is 12.4. The van der Waals surface area contributed by atoms with Crippen LogP contribution in [-0.2, 0) is 4.79 Å². The summed E-state index contributed by atoms with van der Waals surface area (Å²) in [7, 11) is 0. The van der Waals surface area contributed by atoms with Crippen LogP contribution in [-0.4, -0.2) is 16.0 Å². The van der Waals surface area contributed by atoms with Gasteiger partial charge in [-0.15, -0.1) is 11.6 Å². The normalized spacial score (nSPS) is 16.1. The van der Waals surface area contributed by atoms with Crippen molar-refractivity contribution in [3.8, 4) is 0 Å². The van der Waals surface area contributed by atoms with Gasteiger partial charge in [-0.1, -0.05) is 62.7 Å². The van der Waals surface area contributed by atoms with E-state index < -0.39 is 10.8 Å². The Labute approximate surface area is 118 Å². The molecule has 0 aliphatic carbocycles. The zero-order chi connectivity index (χ0) is 13.5. The molecule has 0 saturated heterocycles. The van der Waals surface area contributed by atoms with Crippen molar-refractivity contribution in [1.82, 2.24) is 0 Å². The Morgan fingerprint density at radius 1 is 1.35 bits per heavy atom. The molecule has 0 amide bonds. The van der Waals surface area contributed by atoms with E-state index >= 15 is 0 Å². The van der Waals surface area contributed by atoms with Crippen LogP contribution in [0.25, 0.3) is 0 Å². The van der Waals surface area contributed by atoms with Gasteiger partial charge in [0.2, 0.25) is 0 Å². The fourth-order valence-corrected chi connectivity index (χ4v) is 2.69. The van der Waals surface area contributed by atoms with E-state index in [-0.39, 0.29) is 10.4 Å². The quantitative estimate of drug-likeness (QED) is 0.507. The summed E-state index contributed by atoms with van der Waals surface area (Å²) >= 11 is 17.3. The van der Waals surface area contributed by atoms with Crippen LogP contribution < -0.4 is 0 Å². The maximum absolute atomic E-state index is 11.3. The summed E-state index contributed by atoms with van der Waals surface area (Å²) in [6, 6.07) is 0. The van der Waals surface area contributed by atoms with Crippen molar-refractivity contribution >= 4 is 40.8 Å². The highest BCUT2D eigenvalue weighted by atomic mass is 35.5. The summed E-state index contributed by atoms with van der Waals surface area (Å²) in [5.74, 6) is -1.26. The molecule has 5 heteroatoms. The van der Waals surface area contributed by atoms with E-state index in [0.717, 1.165) is 25.7 Å². The summed E-state index contributed by atoms with van der Waals surface area (Å²) in [6.45, 7) is 4.02.